The molecule has 0 saturated carbocycles. The average Bonchev–Trinajstić information content (AvgIpc) is 2.51. The molecule has 0 aromatic heterocycles. The molecule has 1 atom stereocenters. The molecule has 5 heteroatoms. The number of nitrogens with one attached hydrogen (secondary N) is 2. The van der Waals surface area contributed by atoms with Gasteiger partial charge in [-0.05, 0) is 76.5 Å². The third-order valence-electron chi connectivity index (χ3n) is 4.14. The Balaban J connectivity index is 1.66. The Hall–Kier alpha value is -1.33. The summed E-state index contributed by atoms with van der Waals surface area (Å²) in [7, 11) is 0. The third kappa shape index (κ3) is 7.05. The van der Waals surface area contributed by atoms with Gasteiger partial charge in [-0.25, -0.2) is 0 Å². The van der Waals surface area contributed by atoms with Crippen molar-refractivity contribution in [1.29, 1.82) is 0 Å². The predicted molar refractivity (Wildman–Crippen MR) is 106 cm³/mol. The molecule has 2 N–H and O–H groups in total. The summed E-state index contributed by atoms with van der Waals surface area (Å²) in [4.78, 5) is 2.57. The van der Waals surface area contributed by atoms with Crippen molar-refractivity contribution in [3.63, 3.8) is 0 Å². The van der Waals surface area contributed by atoms with Gasteiger partial charge in [0.1, 0.15) is 5.75 Å². The van der Waals surface area contributed by atoms with Crippen LogP contribution in [0.2, 0.25) is 0 Å². The lowest BCUT2D eigenvalue weighted by Crippen LogP contribution is -2.37. The highest BCUT2D eigenvalue weighted by molar-refractivity contribution is 7.80. The fourth-order valence-corrected chi connectivity index (χ4v) is 3.31. The first-order valence-electron chi connectivity index (χ1n) is 9.07. The molecule has 0 radical (unpaired) electrons. The van der Waals surface area contributed by atoms with Crippen LogP contribution >= 0.6 is 12.2 Å². The molecule has 2 rings (SSSR count). The lowest BCUT2D eigenvalue weighted by molar-refractivity contribution is 0.182. The summed E-state index contributed by atoms with van der Waals surface area (Å²) in [5.41, 5.74) is 0.954. The largest absolute Gasteiger partial charge is 0.491 e. The first kappa shape index (κ1) is 19.0. The second-order valence-corrected chi connectivity index (χ2v) is 7.39. The number of benzene rings is 1. The van der Waals surface area contributed by atoms with E-state index in [1.165, 1.54) is 25.9 Å². The summed E-state index contributed by atoms with van der Waals surface area (Å²) in [6.07, 6.45) is 4.00. The standard InChI is InChI=1S/C19H31N3OS/c1-15(2)23-18-9-4-8-17(13-18)21-19(24)20-10-6-12-22-11-5-7-16(3)14-22/h4,8-9,13,15-16H,5-7,10-12,14H2,1-3H3,(H2,20,21,24)/t16-/m0/s1. The van der Waals surface area contributed by atoms with Crippen molar-refractivity contribution in [2.45, 2.75) is 46.1 Å². The van der Waals surface area contributed by atoms with E-state index in [-0.39, 0.29) is 6.10 Å². The lowest BCUT2D eigenvalue weighted by Gasteiger charge is -2.30. The van der Waals surface area contributed by atoms with E-state index < -0.39 is 0 Å². The minimum atomic E-state index is 0.169. The molecule has 0 unspecified atom stereocenters. The number of hydrogen-bond acceptors (Lipinski definition) is 3. The Morgan fingerprint density at radius 3 is 3.00 bits per heavy atom. The molecule has 1 aromatic rings. The zero-order chi connectivity index (χ0) is 17.4. The van der Waals surface area contributed by atoms with E-state index in [1.54, 1.807) is 0 Å². The van der Waals surface area contributed by atoms with Gasteiger partial charge in [0, 0.05) is 24.8 Å². The number of rotatable bonds is 7. The topological polar surface area (TPSA) is 36.5 Å². The quantitative estimate of drug-likeness (QED) is 0.577. The van der Waals surface area contributed by atoms with Gasteiger partial charge in [0.15, 0.2) is 5.11 Å². The molecule has 0 aliphatic carbocycles. The smallest absolute Gasteiger partial charge is 0.170 e. The second kappa shape index (κ2) is 9.84. The summed E-state index contributed by atoms with van der Waals surface area (Å²) in [5, 5.41) is 7.19. The molecule has 1 heterocycles. The molecule has 4 nitrogen and oxygen atoms in total. The van der Waals surface area contributed by atoms with E-state index >= 15 is 0 Å². The van der Waals surface area contributed by atoms with E-state index in [1.807, 2.05) is 38.1 Å². The Kier molecular flexibility index (Phi) is 7.79. The van der Waals surface area contributed by atoms with Crippen LogP contribution in [0, 0.1) is 5.92 Å². The van der Waals surface area contributed by atoms with E-state index in [2.05, 4.69) is 22.5 Å². The van der Waals surface area contributed by atoms with Crippen molar-refractivity contribution in [3.8, 4) is 5.75 Å². The van der Waals surface area contributed by atoms with Crippen molar-refractivity contribution < 1.29 is 4.74 Å². The van der Waals surface area contributed by atoms with Crippen LogP contribution in [-0.4, -0.2) is 42.3 Å². The van der Waals surface area contributed by atoms with Gasteiger partial charge < -0.3 is 20.3 Å². The minimum absolute atomic E-state index is 0.169. The Labute approximate surface area is 152 Å². The van der Waals surface area contributed by atoms with Crippen molar-refractivity contribution in [2.75, 3.05) is 31.5 Å². The maximum atomic E-state index is 5.70. The van der Waals surface area contributed by atoms with E-state index in [0.29, 0.717) is 5.11 Å². The highest BCUT2D eigenvalue weighted by Crippen LogP contribution is 2.18. The average molecular weight is 350 g/mol. The lowest BCUT2D eigenvalue weighted by atomic mass is 10.0. The number of hydrogen-bond donors (Lipinski definition) is 2. The molecule has 1 aromatic carbocycles. The molecule has 134 valence electrons. The van der Waals surface area contributed by atoms with Crippen LogP contribution in [0.3, 0.4) is 0 Å². The van der Waals surface area contributed by atoms with Crippen LogP contribution in [0.25, 0.3) is 0 Å². The number of piperidine rings is 1. The van der Waals surface area contributed by atoms with Gasteiger partial charge in [0.2, 0.25) is 0 Å². The summed E-state index contributed by atoms with van der Waals surface area (Å²) in [6, 6.07) is 7.90. The molecular formula is C19H31N3OS. The Bertz CT molecular complexity index is 521. The number of likely N-dealkylation sites (tertiary alicyclic amines) is 1. The first-order chi connectivity index (χ1) is 11.5. The van der Waals surface area contributed by atoms with Crippen molar-refractivity contribution in [2.24, 2.45) is 5.92 Å². The maximum Gasteiger partial charge on any atom is 0.170 e. The van der Waals surface area contributed by atoms with Crippen LogP contribution < -0.4 is 15.4 Å². The van der Waals surface area contributed by atoms with Crippen molar-refractivity contribution in [3.05, 3.63) is 24.3 Å². The Morgan fingerprint density at radius 1 is 1.42 bits per heavy atom. The molecule has 0 bridgehead atoms. The summed E-state index contributed by atoms with van der Waals surface area (Å²) < 4.78 is 5.70. The van der Waals surface area contributed by atoms with Crippen LogP contribution in [0.15, 0.2) is 24.3 Å². The van der Waals surface area contributed by atoms with Crippen LogP contribution in [0.4, 0.5) is 5.69 Å². The summed E-state index contributed by atoms with van der Waals surface area (Å²) >= 11 is 5.38. The van der Waals surface area contributed by atoms with Crippen molar-refractivity contribution >= 4 is 23.0 Å². The third-order valence-corrected chi connectivity index (χ3v) is 4.39. The van der Waals surface area contributed by atoms with Gasteiger partial charge in [0.05, 0.1) is 6.10 Å². The monoisotopic (exact) mass is 349 g/mol. The fourth-order valence-electron chi connectivity index (χ4n) is 3.09. The number of nitrogens with zero attached hydrogens (tertiary/aromatic N) is 1. The van der Waals surface area contributed by atoms with Gasteiger partial charge in [-0.2, -0.15) is 0 Å². The maximum absolute atomic E-state index is 5.70. The zero-order valence-electron chi connectivity index (χ0n) is 15.2. The van der Waals surface area contributed by atoms with Crippen molar-refractivity contribution in [1.82, 2.24) is 10.2 Å². The minimum Gasteiger partial charge on any atom is -0.491 e. The summed E-state index contributed by atoms with van der Waals surface area (Å²) in [6.45, 7) is 10.9. The normalized spacial score (nSPS) is 18.4. The first-order valence-corrected chi connectivity index (χ1v) is 9.47. The van der Waals surface area contributed by atoms with E-state index in [9.17, 15) is 0 Å². The van der Waals surface area contributed by atoms with Crippen LogP contribution in [0.5, 0.6) is 5.75 Å². The second-order valence-electron chi connectivity index (χ2n) is 6.98. The predicted octanol–water partition coefficient (Wildman–Crippen LogP) is 3.88. The fraction of sp³-hybridized carbons (Fsp3) is 0.632. The molecule has 1 saturated heterocycles. The summed E-state index contributed by atoms with van der Waals surface area (Å²) in [5.74, 6) is 1.70. The SMILES string of the molecule is CC(C)Oc1cccc(NC(=S)NCCCN2CCC[C@H](C)C2)c1. The highest BCUT2D eigenvalue weighted by atomic mass is 32.1. The molecule has 0 amide bonds. The Morgan fingerprint density at radius 2 is 2.25 bits per heavy atom. The molecule has 1 aliphatic heterocycles. The number of thiocarbonyl (C=S) groups is 1. The number of ether oxygens (including phenoxy) is 1. The molecule has 24 heavy (non-hydrogen) atoms. The van der Waals surface area contributed by atoms with Gasteiger partial charge in [-0.15, -0.1) is 0 Å². The van der Waals surface area contributed by atoms with Gasteiger partial charge in [0.25, 0.3) is 0 Å². The van der Waals surface area contributed by atoms with E-state index in [4.69, 9.17) is 17.0 Å². The van der Waals surface area contributed by atoms with Gasteiger partial charge in [-0.3, -0.25) is 0 Å². The van der Waals surface area contributed by atoms with Crippen LogP contribution in [0.1, 0.15) is 40.0 Å². The molecular weight excluding hydrogens is 318 g/mol. The van der Waals surface area contributed by atoms with Crippen LogP contribution in [-0.2, 0) is 0 Å². The van der Waals surface area contributed by atoms with Gasteiger partial charge >= 0.3 is 0 Å². The van der Waals surface area contributed by atoms with Gasteiger partial charge in [-0.1, -0.05) is 13.0 Å². The molecule has 0 spiro atoms. The molecule has 1 aliphatic rings. The zero-order valence-corrected chi connectivity index (χ0v) is 16.0. The van der Waals surface area contributed by atoms with E-state index in [0.717, 1.165) is 36.9 Å². The molecule has 1 fully saturated rings. The number of anilines is 1. The highest BCUT2D eigenvalue weighted by Gasteiger charge is 2.15.